The summed E-state index contributed by atoms with van der Waals surface area (Å²) in [4.78, 5) is 17.0. The SMILES string of the molecule is COCCCc1cnc2c(c1)CCC2Nc1nc2nc(O[C@@H]3COC4[C@H](O)CO[C@@H]43)[nH]c2cc1Cl. The zero-order valence-corrected chi connectivity index (χ0v) is 20.1. The molecule has 3 aromatic heterocycles. The summed E-state index contributed by atoms with van der Waals surface area (Å²) >= 11 is 6.56. The molecule has 10 nitrogen and oxygen atoms in total. The van der Waals surface area contributed by atoms with Gasteiger partial charge in [0, 0.05) is 19.9 Å². The molecule has 11 heteroatoms. The minimum absolute atomic E-state index is 0.0358. The van der Waals surface area contributed by atoms with Crippen LogP contribution in [0.15, 0.2) is 18.3 Å². The third-order valence-corrected chi connectivity index (χ3v) is 7.15. The number of hydrogen-bond donors (Lipinski definition) is 3. The number of pyridine rings is 2. The predicted molar refractivity (Wildman–Crippen MR) is 128 cm³/mol. The number of nitrogens with zero attached hydrogens (tertiary/aromatic N) is 3. The number of aryl methyl sites for hydroxylation is 2. The van der Waals surface area contributed by atoms with Crippen LogP contribution >= 0.6 is 11.6 Å². The molecule has 35 heavy (non-hydrogen) atoms. The van der Waals surface area contributed by atoms with Crippen molar-refractivity contribution < 1.29 is 24.1 Å². The van der Waals surface area contributed by atoms with Gasteiger partial charge in [-0.05, 0) is 42.9 Å². The molecule has 0 amide bonds. The molecule has 3 aromatic rings. The van der Waals surface area contributed by atoms with Crippen LogP contribution in [-0.2, 0) is 27.1 Å². The minimum Gasteiger partial charge on any atom is -0.456 e. The molecule has 2 aliphatic heterocycles. The second kappa shape index (κ2) is 9.51. The number of aliphatic hydroxyl groups excluding tert-OH is 1. The molecule has 0 saturated carbocycles. The molecule has 2 fully saturated rings. The Bertz CT molecular complexity index is 1220. The fourth-order valence-electron chi connectivity index (χ4n) is 5.12. The average Bonchev–Trinajstić information content (AvgIpc) is 3.61. The van der Waals surface area contributed by atoms with E-state index in [-0.39, 0.29) is 31.0 Å². The molecule has 1 aliphatic carbocycles. The third kappa shape index (κ3) is 4.45. The van der Waals surface area contributed by atoms with Gasteiger partial charge in [0.05, 0.1) is 35.5 Å². The number of aliphatic hydroxyl groups is 1. The van der Waals surface area contributed by atoms with Crippen LogP contribution in [0.5, 0.6) is 6.01 Å². The number of rotatable bonds is 8. The minimum atomic E-state index is -0.629. The highest BCUT2D eigenvalue weighted by molar-refractivity contribution is 6.33. The number of nitrogens with one attached hydrogen (secondary N) is 2. The van der Waals surface area contributed by atoms with E-state index in [1.807, 2.05) is 6.20 Å². The number of aromatic nitrogens is 4. The number of ether oxygens (including phenoxy) is 4. The van der Waals surface area contributed by atoms with Gasteiger partial charge in [0.15, 0.2) is 11.8 Å². The highest BCUT2D eigenvalue weighted by atomic mass is 35.5. The molecule has 5 heterocycles. The van der Waals surface area contributed by atoms with Gasteiger partial charge in [0.25, 0.3) is 6.01 Å². The molecule has 6 rings (SSSR count). The predicted octanol–water partition coefficient (Wildman–Crippen LogP) is 2.59. The lowest BCUT2D eigenvalue weighted by atomic mass is 10.1. The summed E-state index contributed by atoms with van der Waals surface area (Å²) in [5.41, 5.74) is 4.71. The van der Waals surface area contributed by atoms with Gasteiger partial charge in [-0.2, -0.15) is 4.98 Å². The Hall–Kier alpha value is -2.50. The maximum absolute atomic E-state index is 9.92. The number of aromatic amines is 1. The highest BCUT2D eigenvalue weighted by Gasteiger charge is 2.48. The summed E-state index contributed by atoms with van der Waals surface area (Å²) in [5, 5.41) is 13.9. The maximum atomic E-state index is 9.92. The van der Waals surface area contributed by atoms with Gasteiger partial charge in [0.1, 0.15) is 24.1 Å². The largest absolute Gasteiger partial charge is 0.456 e. The molecule has 3 aliphatic rings. The van der Waals surface area contributed by atoms with Crippen molar-refractivity contribution in [3.8, 4) is 6.01 Å². The number of anilines is 1. The van der Waals surface area contributed by atoms with Crippen molar-refractivity contribution in [2.75, 3.05) is 32.2 Å². The van der Waals surface area contributed by atoms with Crippen LogP contribution in [-0.4, -0.2) is 76.4 Å². The Balaban J connectivity index is 1.16. The van der Waals surface area contributed by atoms with Crippen molar-refractivity contribution in [1.29, 1.82) is 0 Å². The Labute approximate surface area is 207 Å². The van der Waals surface area contributed by atoms with Crippen LogP contribution in [0.1, 0.15) is 35.7 Å². The maximum Gasteiger partial charge on any atom is 0.296 e. The molecular weight excluding hydrogens is 474 g/mol. The van der Waals surface area contributed by atoms with Gasteiger partial charge in [-0.15, -0.1) is 0 Å². The first-order chi connectivity index (χ1) is 17.1. The van der Waals surface area contributed by atoms with Crippen LogP contribution in [0.25, 0.3) is 11.2 Å². The fourth-order valence-corrected chi connectivity index (χ4v) is 5.33. The van der Waals surface area contributed by atoms with Crippen molar-refractivity contribution in [2.24, 2.45) is 0 Å². The first-order valence-electron chi connectivity index (χ1n) is 12.0. The van der Waals surface area contributed by atoms with Crippen LogP contribution in [0.4, 0.5) is 5.82 Å². The van der Waals surface area contributed by atoms with Gasteiger partial charge >= 0.3 is 0 Å². The monoisotopic (exact) mass is 501 g/mol. The van der Waals surface area contributed by atoms with Crippen LogP contribution in [0, 0.1) is 0 Å². The van der Waals surface area contributed by atoms with Gasteiger partial charge in [0.2, 0.25) is 0 Å². The zero-order chi connectivity index (χ0) is 23.9. The summed E-state index contributed by atoms with van der Waals surface area (Å²) in [5.74, 6) is 0.563. The Morgan fingerprint density at radius 3 is 3.00 bits per heavy atom. The molecular formula is C24H28ClN5O5. The fraction of sp³-hybridized carbons (Fsp3) is 0.542. The molecule has 5 atom stereocenters. The van der Waals surface area contributed by atoms with Gasteiger partial charge < -0.3 is 34.4 Å². The topological polar surface area (TPSA) is 124 Å². The standard InChI is InChI=1S/C24H28ClN5O5/c1-32-6-2-3-12-7-13-4-5-15(19(13)26-9-12)27-22-14(25)8-16-23(29-22)30-24(28-16)35-18-11-34-20-17(31)10-33-21(18)20/h7-9,15,17-18,20-21,31H,2-6,10-11H2,1H3,(H2,27,28,29,30)/t15?,17-,18-,20?,21-/m1/s1. The second-order valence-corrected chi connectivity index (χ2v) is 9.68. The summed E-state index contributed by atoms with van der Waals surface area (Å²) in [6.45, 7) is 1.32. The summed E-state index contributed by atoms with van der Waals surface area (Å²) < 4.78 is 22.4. The van der Waals surface area contributed by atoms with Crippen molar-refractivity contribution in [3.05, 3.63) is 40.2 Å². The number of fused-ring (bicyclic) bond motifs is 3. The Morgan fingerprint density at radius 1 is 1.23 bits per heavy atom. The van der Waals surface area contributed by atoms with E-state index in [2.05, 4.69) is 26.3 Å². The van der Waals surface area contributed by atoms with Gasteiger partial charge in [-0.3, -0.25) is 4.98 Å². The number of methoxy groups -OCH3 is 1. The third-order valence-electron chi connectivity index (χ3n) is 6.87. The summed E-state index contributed by atoms with van der Waals surface area (Å²) in [7, 11) is 1.72. The van der Waals surface area contributed by atoms with Crippen molar-refractivity contribution in [3.63, 3.8) is 0 Å². The molecule has 0 bridgehead atoms. The van der Waals surface area contributed by atoms with E-state index in [9.17, 15) is 5.11 Å². The summed E-state index contributed by atoms with van der Waals surface area (Å²) in [6, 6.07) is 4.39. The van der Waals surface area contributed by atoms with Crippen molar-refractivity contribution >= 4 is 28.6 Å². The number of hydrogen-bond acceptors (Lipinski definition) is 9. The highest BCUT2D eigenvalue weighted by Crippen LogP contribution is 2.36. The van der Waals surface area contributed by atoms with Crippen LogP contribution in [0.2, 0.25) is 5.02 Å². The van der Waals surface area contributed by atoms with E-state index >= 15 is 0 Å². The van der Waals surface area contributed by atoms with Crippen molar-refractivity contribution in [2.45, 2.75) is 56.1 Å². The smallest absolute Gasteiger partial charge is 0.296 e. The molecule has 0 aromatic carbocycles. The number of H-pyrrole nitrogens is 1. The molecule has 2 saturated heterocycles. The van der Waals surface area contributed by atoms with Gasteiger partial charge in [-0.1, -0.05) is 17.7 Å². The van der Waals surface area contributed by atoms with E-state index in [0.29, 0.717) is 34.6 Å². The Kier molecular flexibility index (Phi) is 6.23. The van der Waals surface area contributed by atoms with E-state index < -0.39 is 6.10 Å². The lowest BCUT2D eigenvalue weighted by molar-refractivity contribution is 0.00706. The normalized spacial score (nSPS) is 27.3. The molecule has 2 unspecified atom stereocenters. The number of halogens is 1. The van der Waals surface area contributed by atoms with Crippen LogP contribution in [0.3, 0.4) is 0 Å². The molecule has 0 radical (unpaired) electrons. The van der Waals surface area contributed by atoms with E-state index in [0.717, 1.165) is 38.0 Å². The quantitative estimate of drug-likeness (QED) is 0.399. The lowest BCUT2D eigenvalue weighted by Crippen LogP contribution is -2.34. The van der Waals surface area contributed by atoms with Crippen molar-refractivity contribution in [1.82, 2.24) is 19.9 Å². The van der Waals surface area contributed by atoms with E-state index in [4.69, 9.17) is 35.5 Å². The van der Waals surface area contributed by atoms with E-state index in [1.165, 1.54) is 11.1 Å². The lowest BCUT2D eigenvalue weighted by Gasteiger charge is -2.15. The average molecular weight is 502 g/mol. The number of imidazole rings is 1. The zero-order valence-electron chi connectivity index (χ0n) is 19.4. The summed E-state index contributed by atoms with van der Waals surface area (Å²) in [6.07, 6.45) is 4.11. The first kappa shape index (κ1) is 22.9. The molecule has 3 N–H and O–H groups in total. The Morgan fingerprint density at radius 2 is 2.11 bits per heavy atom. The molecule has 0 spiro atoms. The van der Waals surface area contributed by atoms with Crippen LogP contribution < -0.4 is 10.1 Å². The van der Waals surface area contributed by atoms with E-state index in [1.54, 1.807) is 13.2 Å². The van der Waals surface area contributed by atoms with Gasteiger partial charge in [-0.25, -0.2) is 4.98 Å². The molecule has 186 valence electrons. The first-order valence-corrected chi connectivity index (χ1v) is 12.3. The second-order valence-electron chi connectivity index (χ2n) is 9.27.